The molecule has 4 nitrogen and oxygen atoms in total. The van der Waals surface area contributed by atoms with Crippen molar-refractivity contribution < 1.29 is 14.3 Å². The summed E-state index contributed by atoms with van der Waals surface area (Å²) in [6.45, 7) is 8.78. The summed E-state index contributed by atoms with van der Waals surface area (Å²) in [5, 5.41) is 0. The molecule has 3 rings (SSSR count). The fourth-order valence-corrected chi connectivity index (χ4v) is 3.65. The largest absolute Gasteiger partial charge is 0.444 e. The molecule has 23 heavy (non-hydrogen) atoms. The molecular weight excluding hydrogens is 290 g/mol. The zero-order chi connectivity index (χ0) is 16.8. The molecule has 1 aliphatic heterocycles. The van der Waals surface area contributed by atoms with Gasteiger partial charge in [0.1, 0.15) is 5.60 Å². The minimum Gasteiger partial charge on any atom is -0.444 e. The summed E-state index contributed by atoms with van der Waals surface area (Å²) >= 11 is 0. The number of nitrogens with zero attached hydrogens (tertiary/aromatic N) is 1. The number of fused-ring (bicyclic) bond motifs is 1. The molecule has 0 N–H and O–H groups in total. The van der Waals surface area contributed by atoms with Gasteiger partial charge in [0, 0.05) is 24.1 Å². The highest BCUT2D eigenvalue weighted by Gasteiger charge is 2.58. The first kappa shape index (κ1) is 16.0. The summed E-state index contributed by atoms with van der Waals surface area (Å²) in [5.41, 5.74) is 1.82. The lowest BCUT2D eigenvalue weighted by Crippen LogP contribution is -2.43. The fraction of sp³-hybridized carbons (Fsp3) is 0.579. The van der Waals surface area contributed by atoms with E-state index in [-0.39, 0.29) is 17.3 Å². The fourth-order valence-electron chi connectivity index (χ4n) is 3.65. The van der Waals surface area contributed by atoms with Crippen molar-refractivity contribution >= 4 is 11.9 Å². The number of hydrogen-bond donors (Lipinski definition) is 0. The molecule has 1 aromatic rings. The number of benzene rings is 1. The quantitative estimate of drug-likeness (QED) is 0.780. The number of amides is 1. The highest BCUT2D eigenvalue weighted by molar-refractivity contribution is 5.94. The van der Waals surface area contributed by atoms with Gasteiger partial charge in [0.2, 0.25) is 0 Å². The number of Topliss-reactive ketones (excluding diaryl/α,β-unsaturated/α-hetero) is 1. The van der Waals surface area contributed by atoms with Gasteiger partial charge in [-0.25, -0.2) is 4.79 Å². The molecule has 0 radical (unpaired) electrons. The van der Waals surface area contributed by atoms with E-state index in [4.69, 9.17) is 4.74 Å². The van der Waals surface area contributed by atoms with Gasteiger partial charge in [0.15, 0.2) is 5.78 Å². The van der Waals surface area contributed by atoms with E-state index in [1.165, 1.54) is 5.56 Å². The molecule has 2 atom stereocenters. The highest BCUT2D eigenvalue weighted by atomic mass is 16.6. The van der Waals surface area contributed by atoms with Crippen molar-refractivity contribution in [1.29, 1.82) is 0 Å². The minimum absolute atomic E-state index is 0.0983. The molecule has 4 heteroatoms. The van der Waals surface area contributed by atoms with Crippen LogP contribution in [0.4, 0.5) is 4.79 Å². The van der Waals surface area contributed by atoms with E-state index in [0.717, 1.165) is 31.5 Å². The first-order valence-electron chi connectivity index (χ1n) is 8.31. The average Bonchev–Trinajstić information content (AvgIpc) is 3.20. The first-order chi connectivity index (χ1) is 10.7. The Morgan fingerprint density at radius 3 is 2.39 bits per heavy atom. The van der Waals surface area contributed by atoms with Crippen molar-refractivity contribution in [2.45, 2.75) is 51.6 Å². The topological polar surface area (TPSA) is 46.6 Å². The van der Waals surface area contributed by atoms with Gasteiger partial charge >= 0.3 is 6.09 Å². The van der Waals surface area contributed by atoms with Crippen molar-refractivity contribution in [2.75, 3.05) is 13.1 Å². The zero-order valence-corrected chi connectivity index (χ0v) is 14.4. The van der Waals surface area contributed by atoms with Crippen LogP contribution in [0, 0.1) is 5.92 Å². The van der Waals surface area contributed by atoms with E-state index in [0.29, 0.717) is 5.92 Å². The minimum atomic E-state index is -0.447. The standard InChI is InChI=1S/C19H25NO3/c1-13(21)14-5-7-15(8-6-14)19-9-10-20(12-16(19)11-19)17(22)23-18(2,3)4/h5-8,16H,9-12H2,1-4H3. The van der Waals surface area contributed by atoms with Crippen LogP contribution in [-0.2, 0) is 10.2 Å². The number of ketones is 1. The second-order valence-corrected chi connectivity index (χ2v) is 7.87. The normalized spacial score (nSPS) is 26.4. The lowest BCUT2D eigenvalue weighted by Gasteiger charge is -2.33. The van der Waals surface area contributed by atoms with Crippen molar-refractivity contribution in [2.24, 2.45) is 5.92 Å². The Bertz CT molecular complexity index is 629. The summed E-state index contributed by atoms with van der Waals surface area (Å²) in [4.78, 5) is 25.4. The van der Waals surface area contributed by atoms with Crippen molar-refractivity contribution in [3.05, 3.63) is 35.4 Å². The summed E-state index contributed by atoms with van der Waals surface area (Å²) in [6.07, 6.45) is 1.88. The molecule has 0 spiro atoms. The molecule has 1 aliphatic carbocycles. The molecule has 1 amide bonds. The number of carbonyl (C=O) groups excluding carboxylic acids is 2. The van der Waals surface area contributed by atoms with Gasteiger partial charge in [-0.3, -0.25) is 4.79 Å². The van der Waals surface area contributed by atoms with Gasteiger partial charge < -0.3 is 9.64 Å². The van der Waals surface area contributed by atoms with E-state index < -0.39 is 5.60 Å². The third kappa shape index (κ3) is 3.12. The Kier molecular flexibility index (Phi) is 3.74. The van der Waals surface area contributed by atoms with Gasteiger partial charge in [0.05, 0.1) is 0 Å². The number of carbonyl (C=O) groups is 2. The van der Waals surface area contributed by atoms with Crippen molar-refractivity contribution in [3.8, 4) is 0 Å². The van der Waals surface area contributed by atoms with Crippen LogP contribution in [0.5, 0.6) is 0 Å². The molecule has 1 aromatic carbocycles. The van der Waals surface area contributed by atoms with Crippen LogP contribution in [0.15, 0.2) is 24.3 Å². The molecule has 0 bridgehead atoms. The molecule has 2 unspecified atom stereocenters. The second-order valence-electron chi connectivity index (χ2n) is 7.87. The van der Waals surface area contributed by atoms with Gasteiger partial charge in [-0.15, -0.1) is 0 Å². The average molecular weight is 315 g/mol. The monoisotopic (exact) mass is 315 g/mol. The third-order valence-corrected chi connectivity index (χ3v) is 5.02. The lowest BCUT2D eigenvalue weighted by atomic mass is 9.86. The zero-order valence-electron chi connectivity index (χ0n) is 14.4. The molecule has 1 saturated heterocycles. The molecule has 1 saturated carbocycles. The van der Waals surface area contributed by atoms with E-state index in [1.807, 2.05) is 37.8 Å². The van der Waals surface area contributed by atoms with Crippen LogP contribution < -0.4 is 0 Å². The molecular formula is C19H25NO3. The van der Waals surface area contributed by atoms with Gasteiger partial charge in [-0.1, -0.05) is 24.3 Å². The predicted octanol–water partition coefficient (Wildman–Crippen LogP) is 3.79. The number of hydrogen-bond acceptors (Lipinski definition) is 3. The maximum Gasteiger partial charge on any atom is 0.410 e. The van der Waals surface area contributed by atoms with Crippen LogP contribution in [-0.4, -0.2) is 35.5 Å². The summed E-state index contributed by atoms with van der Waals surface area (Å²) < 4.78 is 5.47. The van der Waals surface area contributed by atoms with E-state index in [2.05, 4.69) is 12.1 Å². The molecule has 124 valence electrons. The Labute approximate surface area is 137 Å². The first-order valence-corrected chi connectivity index (χ1v) is 8.31. The Morgan fingerprint density at radius 1 is 1.22 bits per heavy atom. The molecule has 2 fully saturated rings. The van der Waals surface area contributed by atoms with Crippen LogP contribution in [0.3, 0.4) is 0 Å². The maximum atomic E-state index is 12.2. The predicted molar refractivity (Wildman–Crippen MR) is 88.7 cm³/mol. The van der Waals surface area contributed by atoms with Crippen LogP contribution in [0.25, 0.3) is 0 Å². The third-order valence-electron chi connectivity index (χ3n) is 5.02. The maximum absolute atomic E-state index is 12.2. The molecule has 2 aliphatic rings. The van der Waals surface area contributed by atoms with Gasteiger partial charge in [-0.2, -0.15) is 0 Å². The Morgan fingerprint density at radius 2 is 1.87 bits per heavy atom. The summed E-state index contributed by atoms with van der Waals surface area (Å²) in [6, 6.07) is 8.00. The number of rotatable bonds is 2. The Balaban J connectivity index is 1.66. The summed E-state index contributed by atoms with van der Waals surface area (Å²) in [7, 11) is 0. The van der Waals surface area contributed by atoms with E-state index in [9.17, 15) is 9.59 Å². The smallest absolute Gasteiger partial charge is 0.410 e. The second kappa shape index (κ2) is 5.36. The number of piperidine rings is 1. The molecule has 0 aromatic heterocycles. The highest BCUT2D eigenvalue weighted by Crippen LogP contribution is 2.59. The van der Waals surface area contributed by atoms with Crippen molar-refractivity contribution in [3.63, 3.8) is 0 Å². The van der Waals surface area contributed by atoms with Crippen LogP contribution in [0.1, 0.15) is 56.5 Å². The number of ether oxygens (including phenoxy) is 1. The van der Waals surface area contributed by atoms with Crippen LogP contribution in [0.2, 0.25) is 0 Å². The summed E-state index contributed by atoms with van der Waals surface area (Å²) in [5.74, 6) is 0.605. The van der Waals surface area contributed by atoms with E-state index >= 15 is 0 Å². The van der Waals surface area contributed by atoms with Gasteiger partial charge in [-0.05, 0) is 52.0 Å². The Hall–Kier alpha value is -1.84. The van der Waals surface area contributed by atoms with E-state index in [1.54, 1.807) is 6.92 Å². The lowest BCUT2D eigenvalue weighted by molar-refractivity contribution is 0.0198. The molecule has 1 heterocycles. The number of likely N-dealkylation sites (tertiary alicyclic amines) is 1. The van der Waals surface area contributed by atoms with Crippen LogP contribution >= 0.6 is 0 Å². The van der Waals surface area contributed by atoms with Gasteiger partial charge in [0.25, 0.3) is 0 Å². The SMILES string of the molecule is CC(=O)c1ccc(C23CCN(C(=O)OC(C)(C)C)CC2C3)cc1. The van der Waals surface area contributed by atoms with Crippen molar-refractivity contribution in [1.82, 2.24) is 4.90 Å².